The Balaban J connectivity index is 0.000000316. The van der Waals surface area contributed by atoms with Crippen LogP contribution in [0.1, 0.15) is 22.6 Å². The second-order valence-electron chi connectivity index (χ2n) is 9.23. The third-order valence-electron chi connectivity index (χ3n) is 6.89. The maximum absolute atomic E-state index is 13.1. The van der Waals surface area contributed by atoms with Crippen LogP contribution in [0.15, 0.2) is 81.1 Å². The van der Waals surface area contributed by atoms with Gasteiger partial charge in [0.05, 0.1) is 17.9 Å². The Labute approximate surface area is 218 Å². The highest BCUT2D eigenvalue weighted by Crippen LogP contribution is 2.28. The number of aryl methyl sites for hydroxylation is 3. The van der Waals surface area contributed by atoms with Crippen molar-refractivity contribution in [2.75, 3.05) is 0 Å². The summed E-state index contributed by atoms with van der Waals surface area (Å²) >= 11 is 0. The number of fused-ring (bicyclic) bond motifs is 2. The third-order valence-corrected chi connectivity index (χ3v) is 6.89. The molecule has 0 spiro atoms. The van der Waals surface area contributed by atoms with Crippen molar-refractivity contribution in [2.45, 2.75) is 27.3 Å². The summed E-state index contributed by atoms with van der Waals surface area (Å²) < 4.78 is 9.19. The first-order chi connectivity index (χ1) is 18.3. The average molecular weight is 509 g/mol. The second-order valence-corrected chi connectivity index (χ2v) is 9.23. The minimum Gasteiger partial charge on any atom is -0.361 e. The quantitative estimate of drug-likeness (QED) is 0.353. The second kappa shape index (κ2) is 9.93. The molecule has 9 heteroatoms. The van der Waals surface area contributed by atoms with Gasteiger partial charge in [-0.3, -0.25) is 23.6 Å². The lowest BCUT2D eigenvalue weighted by Crippen LogP contribution is -2.36. The first-order valence-corrected chi connectivity index (χ1v) is 12.2. The number of aromatic nitrogens is 6. The molecule has 0 aliphatic carbocycles. The molecule has 6 rings (SSSR count). The van der Waals surface area contributed by atoms with Crippen molar-refractivity contribution in [1.82, 2.24) is 29.1 Å². The minimum atomic E-state index is -0.399. The van der Waals surface area contributed by atoms with E-state index in [9.17, 15) is 9.59 Å². The number of nitrogens with zero attached hydrogens (tertiary/aromatic N) is 6. The monoisotopic (exact) mass is 508 g/mol. The summed E-state index contributed by atoms with van der Waals surface area (Å²) in [7, 11) is 3.12. The third kappa shape index (κ3) is 4.32. The zero-order valence-electron chi connectivity index (χ0n) is 22.0. The molecule has 0 aliphatic heterocycles. The Morgan fingerprint density at radius 1 is 0.868 bits per heavy atom. The number of pyridine rings is 1. The van der Waals surface area contributed by atoms with E-state index in [4.69, 9.17) is 9.62 Å². The molecule has 0 bridgehead atoms. The zero-order chi connectivity index (χ0) is 27.0. The van der Waals surface area contributed by atoms with E-state index in [-0.39, 0.29) is 5.56 Å². The number of benzene rings is 2. The molecule has 192 valence electrons. The Kier molecular flexibility index (Phi) is 6.50. The molecule has 38 heavy (non-hydrogen) atoms. The maximum atomic E-state index is 13.1. The minimum absolute atomic E-state index is 0.357. The fourth-order valence-corrected chi connectivity index (χ4v) is 4.49. The van der Waals surface area contributed by atoms with Crippen molar-refractivity contribution in [2.24, 2.45) is 14.1 Å². The van der Waals surface area contributed by atoms with Crippen LogP contribution in [-0.4, -0.2) is 29.1 Å². The van der Waals surface area contributed by atoms with Crippen LogP contribution >= 0.6 is 0 Å². The van der Waals surface area contributed by atoms with Crippen molar-refractivity contribution in [1.29, 1.82) is 0 Å². The Bertz CT molecular complexity index is 1870. The molecule has 0 amide bonds. The predicted molar refractivity (Wildman–Crippen MR) is 147 cm³/mol. The Morgan fingerprint density at radius 3 is 2.24 bits per heavy atom. The van der Waals surface area contributed by atoms with Crippen molar-refractivity contribution in [3.63, 3.8) is 0 Å². The molecule has 0 saturated heterocycles. The van der Waals surface area contributed by atoms with Crippen LogP contribution in [0.2, 0.25) is 0 Å². The topological polar surface area (TPSA) is 101 Å². The number of rotatable bonds is 3. The van der Waals surface area contributed by atoms with Crippen molar-refractivity contribution in [3.05, 3.63) is 110 Å². The largest absolute Gasteiger partial charge is 0.361 e. The van der Waals surface area contributed by atoms with Gasteiger partial charge in [-0.15, -0.1) is 0 Å². The van der Waals surface area contributed by atoms with Crippen molar-refractivity contribution < 1.29 is 4.52 Å². The summed E-state index contributed by atoms with van der Waals surface area (Å²) in [6, 6.07) is 18.0. The molecule has 6 aromatic rings. The molecule has 9 nitrogen and oxygen atoms in total. The van der Waals surface area contributed by atoms with Gasteiger partial charge in [0, 0.05) is 37.6 Å². The van der Waals surface area contributed by atoms with Gasteiger partial charge in [-0.2, -0.15) is 5.10 Å². The van der Waals surface area contributed by atoms with E-state index < -0.39 is 5.69 Å². The van der Waals surface area contributed by atoms with Gasteiger partial charge in [-0.1, -0.05) is 47.6 Å². The highest BCUT2D eigenvalue weighted by molar-refractivity contribution is 5.91. The molecular weight excluding hydrogens is 480 g/mol. The van der Waals surface area contributed by atoms with Gasteiger partial charge in [0.15, 0.2) is 5.65 Å². The SMILES string of the molecule is Cc1noc(C)c1C.Cn1c(=O)c2c(-c3ccncc3)n(Cc3cccc4ccccc34)nc2n(C)c1=O. The normalized spacial score (nSPS) is 11.1. The van der Waals surface area contributed by atoms with Crippen LogP contribution in [0, 0.1) is 20.8 Å². The van der Waals surface area contributed by atoms with Gasteiger partial charge in [0.2, 0.25) is 0 Å². The summed E-state index contributed by atoms with van der Waals surface area (Å²) in [6.45, 7) is 6.31. The van der Waals surface area contributed by atoms with Crippen LogP contribution in [0.4, 0.5) is 0 Å². The van der Waals surface area contributed by atoms with E-state index in [2.05, 4.69) is 34.4 Å². The van der Waals surface area contributed by atoms with Crippen molar-refractivity contribution >= 4 is 21.8 Å². The van der Waals surface area contributed by atoms with Gasteiger partial charge >= 0.3 is 5.69 Å². The van der Waals surface area contributed by atoms with Crippen LogP contribution in [0.3, 0.4) is 0 Å². The average Bonchev–Trinajstić information content (AvgIpc) is 3.46. The fraction of sp³-hybridized carbons (Fsp3) is 0.207. The molecule has 0 atom stereocenters. The van der Waals surface area contributed by atoms with Crippen LogP contribution < -0.4 is 11.2 Å². The highest BCUT2D eigenvalue weighted by atomic mass is 16.5. The predicted octanol–water partition coefficient (Wildman–Crippen LogP) is 4.30. The first-order valence-electron chi connectivity index (χ1n) is 12.2. The maximum Gasteiger partial charge on any atom is 0.332 e. The molecule has 4 aromatic heterocycles. The fourth-order valence-electron chi connectivity index (χ4n) is 4.49. The molecule has 4 heterocycles. The standard InChI is InChI=1S/C23H19N5O2.C6H9NO/c1-26-21-19(22(29)27(2)23(26)30)20(16-10-12-24-13-11-16)28(25-21)14-17-8-5-7-15-6-3-4-9-18(15)17;1-4-5(2)7-8-6(4)3/h3-13H,14H2,1-2H3;1-3H3. The summed E-state index contributed by atoms with van der Waals surface area (Å²) in [6.07, 6.45) is 3.37. The molecular formula is C29H28N6O3. The molecule has 0 N–H and O–H groups in total. The summed E-state index contributed by atoms with van der Waals surface area (Å²) in [5.74, 6) is 0.919. The van der Waals surface area contributed by atoms with Gasteiger partial charge in [0.25, 0.3) is 5.56 Å². The van der Waals surface area contributed by atoms with Crippen LogP contribution in [0.5, 0.6) is 0 Å². The first kappa shape index (κ1) is 24.9. The molecule has 2 aromatic carbocycles. The van der Waals surface area contributed by atoms with Gasteiger partial charge in [-0.25, -0.2) is 4.79 Å². The van der Waals surface area contributed by atoms with Gasteiger partial charge in [-0.05, 0) is 49.2 Å². The number of hydrogen-bond acceptors (Lipinski definition) is 6. The number of hydrogen-bond donors (Lipinski definition) is 0. The lowest BCUT2D eigenvalue weighted by Gasteiger charge is -2.10. The summed E-state index contributed by atoms with van der Waals surface area (Å²) in [5.41, 5.74) is 4.34. The zero-order valence-corrected chi connectivity index (χ0v) is 22.0. The van der Waals surface area contributed by atoms with E-state index in [0.717, 1.165) is 43.5 Å². The Hall–Kier alpha value is -4.79. The molecule has 0 fully saturated rings. The lowest BCUT2D eigenvalue weighted by atomic mass is 10.0. The smallest absolute Gasteiger partial charge is 0.332 e. The van der Waals surface area contributed by atoms with E-state index in [0.29, 0.717) is 23.3 Å². The molecule has 0 saturated carbocycles. The van der Waals surface area contributed by atoms with Crippen molar-refractivity contribution in [3.8, 4) is 11.3 Å². The van der Waals surface area contributed by atoms with E-state index in [1.807, 2.05) is 55.8 Å². The Morgan fingerprint density at radius 2 is 1.58 bits per heavy atom. The van der Waals surface area contributed by atoms with Crippen LogP contribution in [-0.2, 0) is 20.6 Å². The summed E-state index contributed by atoms with van der Waals surface area (Å²) in [5, 5.41) is 11.1. The van der Waals surface area contributed by atoms with Gasteiger partial charge < -0.3 is 4.52 Å². The van der Waals surface area contributed by atoms with E-state index >= 15 is 0 Å². The van der Waals surface area contributed by atoms with E-state index in [1.54, 1.807) is 19.4 Å². The van der Waals surface area contributed by atoms with E-state index in [1.165, 1.54) is 11.6 Å². The molecule has 0 radical (unpaired) electrons. The highest BCUT2D eigenvalue weighted by Gasteiger charge is 2.21. The lowest BCUT2D eigenvalue weighted by molar-refractivity contribution is 0.392. The summed E-state index contributed by atoms with van der Waals surface area (Å²) in [4.78, 5) is 29.6. The van der Waals surface area contributed by atoms with Crippen LogP contribution in [0.25, 0.3) is 33.1 Å². The van der Waals surface area contributed by atoms with Gasteiger partial charge in [0.1, 0.15) is 11.1 Å². The molecule has 0 aliphatic rings. The molecule has 0 unspecified atom stereocenters.